The zero-order chi connectivity index (χ0) is 22.6. The SMILES string of the molecule is COc1ccc(N(C(C)c2ccccc2OC)S(=O)(=O)c2ccccc2Cl)cc1OC. The fourth-order valence-electron chi connectivity index (χ4n) is 3.43. The number of hydrogen-bond acceptors (Lipinski definition) is 5. The zero-order valence-electron chi connectivity index (χ0n) is 17.7. The van der Waals surface area contributed by atoms with E-state index in [1.54, 1.807) is 56.5 Å². The monoisotopic (exact) mass is 461 g/mol. The van der Waals surface area contributed by atoms with Crippen molar-refractivity contribution in [3.05, 3.63) is 77.3 Å². The second kappa shape index (κ2) is 9.49. The van der Waals surface area contributed by atoms with Gasteiger partial charge in [0, 0.05) is 11.6 Å². The topological polar surface area (TPSA) is 65.1 Å². The number of rotatable bonds is 8. The summed E-state index contributed by atoms with van der Waals surface area (Å²) in [6.07, 6.45) is 0. The molecule has 0 aliphatic heterocycles. The van der Waals surface area contributed by atoms with Crippen LogP contribution >= 0.6 is 11.6 Å². The van der Waals surface area contributed by atoms with Crippen molar-refractivity contribution in [1.82, 2.24) is 0 Å². The van der Waals surface area contributed by atoms with Crippen molar-refractivity contribution in [2.75, 3.05) is 25.6 Å². The van der Waals surface area contributed by atoms with Crippen LogP contribution in [0.3, 0.4) is 0 Å². The summed E-state index contributed by atoms with van der Waals surface area (Å²) in [5.41, 5.74) is 1.10. The first-order valence-corrected chi connectivity index (χ1v) is 11.3. The Balaban J connectivity index is 2.25. The fourth-order valence-corrected chi connectivity index (χ4v) is 5.56. The minimum atomic E-state index is -4.05. The Labute approximate surface area is 188 Å². The first-order valence-electron chi connectivity index (χ1n) is 9.49. The lowest BCUT2D eigenvalue weighted by Gasteiger charge is -2.32. The standard InChI is InChI=1S/C23H24ClNO5S/c1-16(18-9-5-7-11-20(18)28-2)25(17-13-14-21(29-3)22(15-17)30-4)31(26,27)23-12-8-6-10-19(23)24/h5-16H,1-4H3. The van der Waals surface area contributed by atoms with Crippen LogP contribution in [0.2, 0.25) is 5.02 Å². The molecule has 3 aromatic carbocycles. The number of methoxy groups -OCH3 is 3. The molecular weight excluding hydrogens is 438 g/mol. The maximum absolute atomic E-state index is 13.9. The van der Waals surface area contributed by atoms with Gasteiger partial charge in [0.15, 0.2) is 11.5 Å². The largest absolute Gasteiger partial charge is 0.496 e. The highest BCUT2D eigenvalue weighted by Gasteiger charge is 2.33. The van der Waals surface area contributed by atoms with Gasteiger partial charge in [0.25, 0.3) is 10.0 Å². The van der Waals surface area contributed by atoms with Crippen LogP contribution in [0.5, 0.6) is 17.2 Å². The van der Waals surface area contributed by atoms with Crippen LogP contribution in [0.25, 0.3) is 0 Å². The minimum Gasteiger partial charge on any atom is -0.496 e. The van der Waals surface area contributed by atoms with Crippen LogP contribution in [0.15, 0.2) is 71.6 Å². The normalized spacial score (nSPS) is 12.2. The van der Waals surface area contributed by atoms with Gasteiger partial charge in [0.05, 0.1) is 38.1 Å². The molecule has 0 aliphatic carbocycles. The average molecular weight is 462 g/mol. The second-order valence-electron chi connectivity index (χ2n) is 6.69. The van der Waals surface area contributed by atoms with Gasteiger partial charge in [-0.1, -0.05) is 41.9 Å². The van der Waals surface area contributed by atoms with Crippen LogP contribution in [0.1, 0.15) is 18.5 Å². The number of nitrogens with zero attached hydrogens (tertiary/aromatic N) is 1. The van der Waals surface area contributed by atoms with Crippen LogP contribution < -0.4 is 18.5 Å². The smallest absolute Gasteiger partial charge is 0.266 e. The molecule has 0 spiro atoms. The number of ether oxygens (including phenoxy) is 3. The Hall–Kier alpha value is -2.90. The van der Waals surface area contributed by atoms with Gasteiger partial charge in [-0.2, -0.15) is 0 Å². The molecule has 8 heteroatoms. The number of halogens is 1. The first kappa shape index (κ1) is 22.8. The van der Waals surface area contributed by atoms with Crippen molar-refractivity contribution in [1.29, 1.82) is 0 Å². The summed E-state index contributed by atoms with van der Waals surface area (Å²) in [6.45, 7) is 1.79. The summed E-state index contributed by atoms with van der Waals surface area (Å²) in [5.74, 6) is 1.48. The van der Waals surface area contributed by atoms with Crippen LogP contribution in [-0.4, -0.2) is 29.7 Å². The third kappa shape index (κ3) is 4.43. The highest BCUT2D eigenvalue weighted by Crippen LogP contribution is 2.41. The molecule has 1 atom stereocenters. The summed E-state index contributed by atoms with van der Waals surface area (Å²) in [5, 5.41) is 0.139. The predicted molar refractivity (Wildman–Crippen MR) is 122 cm³/mol. The number of anilines is 1. The summed E-state index contributed by atoms with van der Waals surface area (Å²) in [4.78, 5) is 0.00759. The van der Waals surface area contributed by atoms with Gasteiger partial charge in [0.2, 0.25) is 0 Å². The number of sulfonamides is 1. The molecule has 31 heavy (non-hydrogen) atoms. The summed E-state index contributed by atoms with van der Waals surface area (Å²) >= 11 is 6.28. The van der Waals surface area contributed by atoms with Crippen molar-refractivity contribution >= 4 is 27.3 Å². The molecular formula is C23H24ClNO5S. The Morgan fingerprint density at radius 1 is 0.806 bits per heavy atom. The highest BCUT2D eigenvalue weighted by molar-refractivity contribution is 7.93. The number of benzene rings is 3. The van der Waals surface area contributed by atoms with E-state index in [-0.39, 0.29) is 9.92 Å². The maximum Gasteiger partial charge on any atom is 0.266 e. The molecule has 0 N–H and O–H groups in total. The first-order chi connectivity index (χ1) is 14.8. The lowest BCUT2D eigenvalue weighted by molar-refractivity contribution is 0.355. The summed E-state index contributed by atoms with van der Waals surface area (Å²) < 4.78 is 45.2. The van der Waals surface area contributed by atoms with Crippen molar-refractivity contribution < 1.29 is 22.6 Å². The Kier molecular flexibility index (Phi) is 6.97. The molecule has 0 radical (unpaired) electrons. The molecule has 0 fully saturated rings. The zero-order valence-corrected chi connectivity index (χ0v) is 19.3. The Morgan fingerprint density at radius 2 is 1.42 bits per heavy atom. The fraction of sp³-hybridized carbons (Fsp3) is 0.217. The highest BCUT2D eigenvalue weighted by atomic mass is 35.5. The van der Waals surface area contributed by atoms with E-state index in [1.807, 2.05) is 18.2 Å². The molecule has 0 aromatic heterocycles. The molecule has 0 bridgehead atoms. The molecule has 164 valence electrons. The number of hydrogen-bond donors (Lipinski definition) is 0. The number of para-hydroxylation sites is 1. The minimum absolute atomic E-state index is 0.00759. The van der Waals surface area contributed by atoms with E-state index in [2.05, 4.69) is 0 Å². The van der Waals surface area contributed by atoms with E-state index >= 15 is 0 Å². The quantitative estimate of drug-likeness (QED) is 0.454. The molecule has 0 aliphatic rings. The third-order valence-corrected chi connectivity index (χ3v) is 7.33. The van der Waals surface area contributed by atoms with Gasteiger partial charge < -0.3 is 14.2 Å². The van der Waals surface area contributed by atoms with Crippen molar-refractivity contribution in [2.45, 2.75) is 17.9 Å². The lowest BCUT2D eigenvalue weighted by atomic mass is 10.1. The van der Waals surface area contributed by atoms with Crippen molar-refractivity contribution in [2.24, 2.45) is 0 Å². The Bertz CT molecular complexity index is 1170. The van der Waals surface area contributed by atoms with Gasteiger partial charge in [0.1, 0.15) is 10.6 Å². The predicted octanol–water partition coefficient (Wildman–Crippen LogP) is 5.32. The maximum atomic E-state index is 13.9. The average Bonchev–Trinajstić information content (AvgIpc) is 2.78. The van der Waals surface area contributed by atoms with E-state index in [0.717, 1.165) is 0 Å². The lowest BCUT2D eigenvalue weighted by Crippen LogP contribution is -2.34. The molecule has 0 saturated heterocycles. The van der Waals surface area contributed by atoms with Crippen LogP contribution in [0, 0.1) is 0 Å². The Morgan fingerprint density at radius 3 is 2.06 bits per heavy atom. The van der Waals surface area contributed by atoms with E-state index in [1.165, 1.54) is 24.6 Å². The van der Waals surface area contributed by atoms with Gasteiger partial charge in [-0.05, 0) is 37.3 Å². The third-order valence-electron chi connectivity index (χ3n) is 4.94. The summed E-state index contributed by atoms with van der Waals surface area (Å²) in [7, 11) is 0.517. The van der Waals surface area contributed by atoms with Crippen LogP contribution in [-0.2, 0) is 10.0 Å². The van der Waals surface area contributed by atoms with Crippen molar-refractivity contribution in [3.8, 4) is 17.2 Å². The van der Waals surface area contributed by atoms with Crippen LogP contribution in [0.4, 0.5) is 5.69 Å². The molecule has 0 amide bonds. The van der Waals surface area contributed by atoms with E-state index in [0.29, 0.717) is 28.5 Å². The van der Waals surface area contributed by atoms with E-state index in [9.17, 15) is 8.42 Å². The van der Waals surface area contributed by atoms with E-state index < -0.39 is 16.1 Å². The molecule has 1 unspecified atom stereocenters. The molecule has 3 rings (SSSR count). The van der Waals surface area contributed by atoms with Crippen molar-refractivity contribution in [3.63, 3.8) is 0 Å². The van der Waals surface area contributed by atoms with Gasteiger partial charge in [-0.3, -0.25) is 4.31 Å². The van der Waals surface area contributed by atoms with Gasteiger partial charge >= 0.3 is 0 Å². The second-order valence-corrected chi connectivity index (χ2v) is 8.88. The molecule has 3 aromatic rings. The van der Waals surface area contributed by atoms with E-state index in [4.69, 9.17) is 25.8 Å². The summed E-state index contributed by atoms with van der Waals surface area (Å²) in [6, 6.07) is 18.0. The molecule has 0 saturated carbocycles. The molecule has 6 nitrogen and oxygen atoms in total. The molecule has 0 heterocycles. The van der Waals surface area contributed by atoms with Gasteiger partial charge in [-0.25, -0.2) is 8.42 Å². The van der Waals surface area contributed by atoms with Gasteiger partial charge in [-0.15, -0.1) is 0 Å².